The number of hydrogen-bond acceptors (Lipinski definition) is 1. The van der Waals surface area contributed by atoms with Gasteiger partial charge in [0.1, 0.15) is 5.69 Å². The van der Waals surface area contributed by atoms with Gasteiger partial charge in [-0.1, -0.05) is 18.2 Å². The standard InChI is InChI=1S/C10H6N2O2/c1-11-7-4-2-3-6-5-8(10(13)14)12-9(6)7/h2-5,12H,(H,13,14). The highest BCUT2D eigenvalue weighted by molar-refractivity contribution is 5.98. The molecule has 14 heavy (non-hydrogen) atoms. The number of carboxylic acid groups (broad SMARTS) is 1. The number of benzene rings is 1. The van der Waals surface area contributed by atoms with Gasteiger partial charge in [-0.3, -0.25) is 0 Å². The zero-order valence-corrected chi connectivity index (χ0v) is 7.11. The highest BCUT2D eigenvalue weighted by atomic mass is 16.4. The molecule has 68 valence electrons. The van der Waals surface area contributed by atoms with Crippen molar-refractivity contribution in [3.05, 3.63) is 41.4 Å². The van der Waals surface area contributed by atoms with E-state index in [1.54, 1.807) is 18.2 Å². The van der Waals surface area contributed by atoms with Crippen molar-refractivity contribution in [2.45, 2.75) is 0 Å². The summed E-state index contributed by atoms with van der Waals surface area (Å²) in [6.45, 7) is 6.90. The van der Waals surface area contributed by atoms with Crippen molar-refractivity contribution < 1.29 is 9.90 Å². The summed E-state index contributed by atoms with van der Waals surface area (Å²) in [4.78, 5) is 16.7. The second kappa shape index (κ2) is 2.89. The molecule has 0 aliphatic carbocycles. The average molecular weight is 186 g/mol. The van der Waals surface area contributed by atoms with Crippen molar-refractivity contribution in [1.82, 2.24) is 4.98 Å². The van der Waals surface area contributed by atoms with Crippen LogP contribution >= 0.6 is 0 Å². The van der Waals surface area contributed by atoms with E-state index in [9.17, 15) is 4.79 Å². The van der Waals surface area contributed by atoms with Gasteiger partial charge in [0, 0.05) is 0 Å². The lowest BCUT2D eigenvalue weighted by molar-refractivity contribution is 0.0691. The van der Waals surface area contributed by atoms with E-state index in [1.165, 1.54) is 6.07 Å². The maximum atomic E-state index is 10.7. The van der Waals surface area contributed by atoms with Crippen LogP contribution in [0.4, 0.5) is 5.69 Å². The van der Waals surface area contributed by atoms with Crippen LogP contribution in [0.15, 0.2) is 24.3 Å². The number of nitrogens with zero attached hydrogens (tertiary/aromatic N) is 1. The Kier molecular flexibility index (Phi) is 1.72. The smallest absolute Gasteiger partial charge is 0.352 e. The summed E-state index contributed by atoms with van der Waals surface area (Å²) in [7, 11) is 0. The van der Waals surface area contributed by atoms with Gasteiger partial charge in [-0.25, -0.2) is 9.64 Å². The van der Waals surface area contributed by atoms with E-state index < -0.39 is 5.97 Å². The third-order valence-electron chi connectivity index (χ3n) is 1.99. The van der Waals surface area contributed by atoms with Crippen LogP contribution in [-0.4, -0.2) is 16.1 Å². The van der Waals surface area contributed by atoms with Crippen LogP contribution in [0.1, 0.15) is 10.5 Å². The number of fused-ring (bicyclic) bond motifs is 1. The molecular formula is C10H6N2O2. The Labute approximate surface area is 79.6 Å². The summed E-state index contributed by atoms with van der Waals surface area (Å²) in [6, 6.07) is 6.67. The molecule has 1 aromatic carbocycles. The van der Waals surface area contributed by atoms with Gasteiger partial charge in [0.2, 0.25) is 5.69 Å². The summed E-state index contributed by atoms with van der Waals surface area (Å²) in [5.41, 5.74) is 1.13. The van der Waals surface area contributed by atoms with Crippen molar-refractivity contribution >= 4 is 22.6 Å². The number of hydrogen-bond donors (Lipinski definition) is 2. The van der Waals surface area contributed by atoms with Crippen molar-refractivity contribution in [1.29, 1.82) is 0 Å². The first-order valence-corrected chi connectivity index (χ1v) is 3.95. The molecule has 0 unspecified atom stereocenters. The lowest BCUT2D eigenvalue weighted by atomic mass is 10.2. The van der Waals surface area contributed by atoms with Crippen LogP contribution in [-0.2, 0) is 0 Å². The lowest BCUT2D eigenvalue weighted by Crippen LogP contribution is -1.94. The Hall–Kier alpha value is -2.28. The molecule has 2 rings (SSSR count). The van der Waals surface area contributed by atoms with Gasteiger partial charge in [0.05, 0.1) is 12.1 Å². The number of carboxylic acids is 1. The summed E-state index contributed by atoms with van der Waals surface area (Å²) < 4.78 is 0. The molecule has 0 aliphatic heterocycles. The summed E-state index contributed by atoms with van der Waals surface area (Å²) in [5, 5.41) is 9.49. The van der Waals surface area contributed by atoms with E-state index in [4.69, 9.17) is 11.7 Å². The number of carbonyl (C=O) groups is 1. The van der Waals surface area contributed by atoms with Crippen LogP contribution < -0.4 is 0 Å². The van der Waals surface area contributed by atoms with Crippen LogP contribution in [0.3, 0.4) is 0 Å². The molecule has 1 aromatic heterocycles. The predicted octanol–water partition coefficient (Wildman–Crippen LogP) is 2.42. The van der Waals surface area contributed by atoms with Gasteiger partial charge in [0.25, 0.3) is 0 Å². The zero-order valence-electron chi connectivity index (χ0n) is 7.11. The largest absolute Gasteiger partial charge is 0.477 e. The number of para-hydroxylation sites is 1. The van der Waals surface area contributed by atoms with Gasteiger partial charge in [-0.2, -0.15) is 0 Å². The van der Waals surface area contributed by atoms with Gasteiger partial charge in [0.15, 0.2) is 0 Å². The molecule has 2 aromatic rings. The quantitative estimate of drug-likeness (QED) is 0.672. The van der Waals surface area contributed by atoms with E-state index in [2.05, 4.69) is 9.83 Å². The third-order valence-corrected chi connectivity index (χ3v) is 1.99. The number of nitrogens with one attached hydrogen (secondary N) is 1. The number of rotatable bonds is 1. The molecule has 4 heteroatoms. The molecular weight excluding hydrogens is 180 g/mol. The molecule has 0 aliphatic rings. The summed E-state index contributed by atoms with van der Waals surface area (Å²) in [5.74, 6) is -1.02. The number of aromatic nitrogens is 1. The molecule has 0 saturated carbocycles. The first kappa shape index (κ1) is 8.32. The molecule has 1 heterocycles. The third kappa shape index (κ3) is 1.12. The molecule has 0 saturated heterocycles. The number of H-pyrrole nitrogens is 1. The Morgan fingerprint density at radius 3 is 2.93 bits per heavy atom. The molecule has 2 N–H and O–H groups in total. The van der Waals surface area contributed by atoms with Crippen molar-refractivity contribution in [3.8, 4) is 0 Å². The Morgan fingerprint density at radius 2 is 2.29 bits per heavy atom. The minimum absolute atomic E-state index is 0.108. The van der Waals surface area contributed by atoms with Gasteiger partial charge in [-0.15, -0.1) is 0 Å². The maximum absolute atomic E-state index is 10.7. The molecule has 0 radical (unpaired) electrons. The van der Waals surface area contributed by atoms with Crippen LogP contribution in [0.25, 0.3) is 15.7 Å². The fourth-order valence-corrected chi connectivity index (χ4v) is 1.35. The monoisotopic (exact) mass is 186 g/mol. The number of aromatic amines is 1. The molecule has 0 fully saturated rings. The Balaban J connectivity index is 2.78. The normalized spacial score (nSPS) is 9.93. The molecule has 0 bridgehead atoms. The van der Waals surface area contributed by atoms with Gasteiger partial charge in [-0.05, 0) is 11.5 Å². The fourth-order valence-electron chi connectivity index (χ4n) is 1.35. The molecule has 4 nitrogen and oxygen atoms in total. The van der Waals surface area contributed by atoms with Crippen LogP contribution in [0.5, 0.6) is 0 Å². The van der Waals surface area contributed by atoms with Crippen LogP contribution in [0.2, 0.25) is 0 Å². The van der Waals surface area contributed by atoms with Crippen molar-refractivity contribution in [2.24, 2.45) is 0 Å². The zero-order chi connectivity index (χ0) is 10.1. The highest BCUT2D eigenvalue weighted by Gasteiger charge is 2.09. The Morgan fingerprint density at radius 1 is 1.50 bits per heavy atom. The van der Waals surface area contributed by atoms with Gasteiger partial charge >= 0.3 is 5.97 Å². The van der Waals surface area contributed by atoms with E-state index in [0.29, 0.717) is 11.2 Å². The van der Waals surface area contributed by atoms with Crippen LogP contribution in [0, 0.1) is 6.57 Å². The average Bonchev–Trinajstić information content (AvgIpc) is 2.60. The maximum Gasteiger partial charge on any atom is 0.352 e. The molecule has 0 spiro atoms. The first-order chi connectivity index (χ1) is 6.72. The van der Waals surface area contributed by atoms with Crippen molar-refractivity contribution in [2.75, 3.05) is 0 Å². The first-order valence-electron chi connectivity index (χ1n) is 3.95. The SMILES string of the molecule is [C-]#[N+]c1cccc2cc(C(=O)O)[nH]c12. The molecule has 0 amide bonds. The lowest BCUT2D eigenvalue weighted by Gasteiger charge is -1.90. The predicted molar refractivity (Wildman–Crippen MR) is 51.5 cm³/mol. The minimum Gasteiger partial charge on any atom is -0.477 e. The second-order valence-corrected chi connectivity index (χ2v) is 2.84. The second-order valence-electron chi connectivity index (χ2n) is 2.84. The number of aromatic carboxylic acids is 1. The fraction of sp³-hybridized carbons (Fsp3) is 0. The summed E-state index contributed by atoms with van der Waals surface area (Å²) in [6.07, 6.45) is 0. The highest BCUT2D eigenvalue weighted by Crippen LogP contribution is 2.25. The van der Waals surface area contributed by atoms with E-state index in [1.807, 2.05) is 0 Å². The van der Waals surface area contributed by atoms with Gasteiger partial charge < -0.3 is 10.1 Å². The van der Waals surface area contributed by atoms with E-state index in [-0.39, 0.29) is 5.69 Å². The van der Waals surface area contributed by atoms with E-state index in [0.717, 1.165) is 5.39 Å². The minimum atomic E-state index is -1.02. The summed E-state index contributed by atoms with van der Waals surface area (Å²) >= 11 is 0. The van der Waals surface area contributed by atoms with E-state index >= 15 is 0 Å². The van der Waals surface area contributed by atoms with Crippen molar-refractivity contribution in [3.63, 3.8) is 0 Å². The molecule has 0 atom stereocenters. The topological polar surface area (TPSA) is 57.4 Å². The Bertz CT molecular complexity index is 549.